The second-order valence-corrected chi connectivity index (χ2v) is 0.747. The van der Waals surface area contributed by atoms with E-state index in [1.807, 2.05) is 0 Å². The van der Waals surface area contributed by atoms with Crippen molar-refractivity contribution in [1.29, 1.82) is 0 Å². The Bertz CT molecular complexity index is 47.5. The van der Waals surface area contributed by atoms with E-state index in [4.69, 9.17) is 5.11 Å². The second-order valence-electron chi connectivity index (χ2n) is 0.747. The predicted octanol–water partition coefficient (Wildman–Crippen LogP) is -2.91. The van der Waals surface area contributed by atoms with Crippen molar-refractivity contribution in [3.05, 3.63) is 0 Å². The Morgan fingerprint density at radius 1 is 1.33 bits per heavy atom. The minimum atomic E-state index is -0.745. The molecule has 0 aliphatic rings. The van der Waals surface area contributed by atoms with Gasteiger partial charge in [0.05, 0.1) is 0 Å². The fourth-order valence-corrected chi connectivity index (χ4v) is 0. The van der Waals surface area contributed by atoms with Gasteiger partial charge in [-0.2, -0.15) is 0 Å². The van der Waals surface area contributed by atoms with Crippen LogP contribution in [0.1, 0.15) is 13.3 Å². The van der Waals surface area contributed by atoms with Crippen LogP contribution in [0.4, 0.5) is 0 Å². The molecular formula is C3H14CaO5. The first-order chi connectivity index (χ1) is 2.27. The maximum atomic E-state index is 9.37. The zero-order chi connectivity index (χ0) is 4.28. The summed E-state index contributed by atoms with van der Waals surface area (Å²) in [5.74, 6) is -0.745. The molecule has 0 spiro atoms. The molecule has 0 saturated carbocycles. The molecule has 0 bridgehead atoms. The molecule has 0 atom stereocenters. The Balaban J connectivity index is -0.0000000133. The van der Waals surface area contributed by atoms with E-state index in [2.05, 4.69) is 0 Å². The van der Waals surface area contributed by atoms with Crippen molar-refractivity contribution in [2.45, 2.75) is 13.3 Å². The van der Waals surface area contributed by atoms with Crippen LogP contribution in [0, 0.1) is 0 Å². The Hall–Kier alpha value is 0.610. The number of carboxylic acids is 1. The average Bonchev–Trinajstić information content (AvgIpc) is 1.38. The summed E-state index contributed by atoms with van der Waals surface area (Å²) in [6.45, 7) is 1.60. The summed E-state index contributed by atoms with van der Waals surface area (Å²) in [5.41, 5.74) is 0. The third-order valence-corrected chi connectivity index (χ3v) is 0.302. The summed E-state index contributed by atoms with van der Waals surface area (Å²) in [6.07, 6.45) is 0.222. The van der Waals surface area contributed by atoms with Gasteiger partial charge in [0.15, 0.2) is 0 Å². The molecule has 0 aromatic rings. The fraction of sp³-hybridized carbons (Fsp3) is 0.667. The van der Waals surface area contributed by atoms with Crippen LogP contribution < -0.4 is 0 Å². The van der Waals surface area contributed by atoms with Gasteiger partial charge in [0, 0.05) is 6.42 Å². The number of aliphatic carboxylic acids is 1. The molecule has 0 rings (SSSR count). The van der Waals surface area contributed by atoms with Gasteiger partial charge in [-0.1, -0.05) is 6.92 Å². The molecule has 7 N–H and O–H groups in total. The maximum absolute atomic E-state index is 9.37. The van der Waals surface area contributed by atoms with E-state index >= 15 is 0 Å². The molecule has 0 radical (unpaired) electrons. The summed E-state index contributed by atoms with van der Waals surface area (Å²) in [5, 5.41) is 7.72. The SMILES string of the molecule is CCC(=O)O.O.O.O.[CaH2]. The van der Waals surface area contributed by atoms with E-state index < -0.39 is 5.97 Å². The Kier molecular flexibility index (Phi) is 87.4. The van der Waals surface area contributed by atoms with Crippen LogP contribution in [0.25, 0.3) is 0 Å². The Labute approximate surface area is 83.0 Å². The first kappa shape index (κ1) is 33.5. The van der Waals surface area contributed by atoms with Crippen molar-refractivity contribution in [3.63, 3.8) is 0 Å². The van der Waals surface area contributed by atoms with Gasteiger partial charge >= 0.3 is 43.7 Å². The number of carboxylic acid groups (broad SMARTS) is 1. The van der Waals surface area contributed by atoms with Crippen LogP contribution in [0.3, 0.4) is 0 Å². The fourth-order valence-electron chi connectivity index (χ4n) is 0. The van der Waals surface area contributed by atoms with Gasteiger partial charge in [-0.25, -0.2) is 0 Å². The van der Waals surface area contributed by atoms with Crippen molar-refractivity contribution in [2.24, 2.45) is 0 Å². The van der Waals surface area contributed by atoms with Crippen LogP contribution in [-0.4, -0.2) is 65.2 Å². The zero-order valence-corrected chi connectivity index (χ0v) is 4.56. The standard InChI is InChI=1S/C3H6O2.Ca.3H2O.2H/c1-2-3(4)5;;;;;;/h2H2,1H3,(H,4,5);;3*1H2;;. The first-order valence-corrected chi connectivity index (χ1v) is 1.49. The van der Waals surface area contributed by atoms with E-state index in [1.54, 1.807) is 6.92 Å². The van der Waals surface area contributed by atoms with Gasteiger partial charge in [-0.05, 0) is 0 Å². The van der Waals surface area contributed by atoms with Gasteiger partial charge in [0.1, 0.15) is 0 Å². The quantitative estimate of drug-likeness (QED) is 0.422. The summed E-state index contributed by atoms with van der Waals surface area (Å²) in [6, 6.07) is 0. The van der Waals surface area contributed by atoms with Gasteiger partial charge in [-0.15, -0.1) is 0 Å². The normalized spacial score (nSPS) is 4.11. The molecule has 0 saturated heterocycles. The van der Waals surface area contributed by atoms with E-state index in [0.29, 0.717) is 0 Å². The summed E-state index contributed by atoms with van der Waals surface area (Å²) >= 11 is 0. The molecule has 6 heteroatoms. The van der Waals surface area contributed by atoms with Crippen LogP contribution in [0.2, 0.25) is 0 Å². The molecule has 0 fully saturated rings. The molecule has 0 aliphatic carbocycles. The molecule has 58 valence electrons. The third-order valence-electron chi connectivity index (χ3n) is 0.302. The van der Waals surface area contributed by atoms with Crippen LogP contribution in [-0.2, 0) is 4.79 Å². The average molecular weight is 170 g/mol. The Morgan fingerprint density at radius 2 is 1.44 bits per heavy atom. The van der Waals surface area contributed by atoms with Crippen molar-refractivity contribution in [2.75, 3.05) is 0 Å². The van der Waals surface area contributed by atoms with E-state index in [0.717, 1.165) is 0 Å². The molecule has 9 heavy (non-hydrogen) atoms. The molecular weight excluding hydrogens is 156 g/mol. The van der Waals surface area contributed by atoms with E-state index in [1.165, 1.54) is 0 Å². The summed E-state index contributed by atoms with van der Waals surface area (Å²) < 4.78 is 0. The van der Waals surface area contributed by atoms with Gasteiger partial charge < -0.3 is 21.5 Å². The van der Waals surface area contributed by atoms with Gasteiger partial charge in [-0.3, -0.25) is 4.79 Å². The van der Waals surface area contributed by atoms with E-state index in [-0.39, 0.29) is 60.6 Å². The molecule has 0 aromatic heterocycles. The third kappa shape index (κ3) is 55.2. The molecule has 0 aromatic carbocycles. The predicted molar refractivity (Wildman–Crippen MR) is 37.3 cm³/mol. The van der Waals surface area contributed by atoms with Crippen molar-refractivity contribution in [1.82, 2.24) is 0 Å². The zero-order valence-electron chi connectivity index (χ0n) is 4.56. The molecule has 0 amide bonds. The van der Waals surface area contributed by atoms with Crippen molar-refractivity contribution < 1.29 is 26.3 Å². The van der Waals surface area contributed by atoms with Crippen molar-refractivity contribution >= 4 is 43.7 Å². The number of hydrogen-bond acceptors (Lipinski definition) is 1. The van der Waals surface area contributed by atoms with Gasteiger partial charge in [0.25, 0.3) is 0 Å². The number of carbonyl (C=O) groups is 1. The van der Waals surface area contributed by atoms with Crippen molar-refractivity contribution in [3.8, 4) is 0 Å². The van der Waals surface area contributed by atoms with Crippen LogP contribution >= 0.6 is 0 Å². The molecule has 0 heterocycles. The summed E-state index contributed by atoms with van der Waals surface area (Å²) in [4.78, 5) is 9.37. The monoisotopic (exact) mass is 170 g/mol. The van der Waals surface area contributed by atoms with Crippen LogP contribution in [0.15, 0.2) is 0 Å². The molecule has 0 unspecified atom stereocenters. The first-order valence-electron chi connectivity index (χ1n) is 1.49. The second kappa shape index (κ2) is 23.5. The summed E-state index contributed by atoms with van der Waals surface area (Å²) in [7, 11) is 0. The minimum absolute atomic E-state index is 0. The Morgan fingerprint density at radius 3 is 1.44 bits per heavy atom. The molecule has 0 aliphatic heterocycles. The van der Waals surface area contributed by atoms with E-state index in [9.17, 15) is 4.79 Å². The number of rotatable bonds is 1. The molecule has 5 nitrogen and oxygen atoms in total. The van der Waals surface area contributed by atoms with Gasteiger partial charge in [0.2, 0.25) is 0 Å². The topological polar surface area (TPSA) is 132 Å². The number of hydrogen-bond donors (Lipinski definition) is 1. The van der Waals surface area contributed by atoms with Crippen LogP contribution in [0.5, 0.6) is 0 Å².